The van der Waals surface area contributed by atoms with Gasteiger partial charge in [-0.05, 0) is 31.0 Å². The van der Waals surface area contributed by atoms with Crippen LogP contribution < -0.4 is 4.90 Å². The standard InChI is InChI=1S/C16H15FN4O/c17-12-1-2-15-13(9-12)16(19-10-18-15)21-6-3-11(4-7-21)14-5-8-22-20-14/h1-2,5,8-11H,3-4,6-7H2. The van der Waals surface area contributed by atoms with E-state index in [1.807, 2.05) is 6.07 Å². The summed E-state index contributed by atoms with van der Waals surface area (Å²) in [5.41, 5.74) is 1.78. The highest BCUT2D eigenvalue weighted by Crippen LogP contribution is 2.31. The SMILES string of the molecule is Fc1ccc2ncnc(N3CCC(c4ccon4)CC3)c2c1. The van der Waals surface area contributed by atoms with Crippen molar-refractivity contribution < 1.29 is 8.91 Å². The van der Waals surface area contributed by atoms with Crippen molar-refractivity contribution in [2.45, 2.75) is 18.8 Å². The molecule has 0 saturated carbocycles. The van der Waals surface area contributed by atoms with Crippen molar-refractivity contribution in [2.75, 3.05) is 18.0 Å². The highest BCUT2D eigenvalue weighted by molar-refractivity contribution is 5.89. The van der Waals surface area contributed by atoms with Crippen molar-refractivity contribution in [3.8, 4) is 0 Å². The van der Waals surface area contributed by atoms with Gasteiger partial charge in [0.1, 0.15) is 24.2 Å². The van der Waals surface area contributed by atoms with E-state index in [9.17, 15) is 4.39 Å². The van der Waals surface area contributed by atoms with Crippen LogP contribution in [0.1, 0.15) is 24.5 Å². The molecule has 112 valence electrons. The summed E-state index contributed by atoms with van der Waals surface area (Å²) in [6.45, 7) is 1.72. The summed E-state index contributed by atoms with van der Waals surface area (Å²) in [6, 6.07) is 6.55. The first-order valence-electron chi connectivity index (χ1n) is 7.37. The molecule has 0 unspecified atom stereocenters. The summed E-state index contributed by atoms with van der Waals surface area (Å²) in [7, 11) is 0. The second kappa shape index (κ2) is 5.36. The van der Waals surface area contributed by atoms with Crippen LogP contribution in [-0.2, 0) is 0 Å². The van der Waals surface area contributed by atoms with Gasteiger partial charge in [0.2, 0.25) is 0 Å². The Labute approximate surface area is 126 Å². The Morgan fingerprint density at radius 3 is 2.77 bits per heavy atom. The molecule has 0 spiro atoms. The average Bonchev–Trinajstić information content (AvgIpc) is 3.09. The maximum absolute atomic E-state index is 13.5. The molecule has 3 aromatic rings. The molecule has 1 fully saturated rings. The smallest absolute Gasteiger partial charge is 0.139 e. The number of hydrogen-bond donors (Lipinski definition) is 0. The molecule has 0 aliphatic carbocycles. The van der Waals surface area contributed by atoms with Crippen LogP contribution in [0.4, 0.5) is 10.2 Å². The maximum Gasteiger partial charge on any atom is 0.139 e. The number of benzene rings is 1. The van der Waals surface area contributed by atoms with Gasteiger partial charge < -0.3 is 9.42 Å². The Balaban J connectivity index is 1.60. The van der Waals surface area contributed by atoms with E-state index in [1.165, 1.54) is 12.1 Å². The topological polar surface area (TPSA) is 55.1 Å². The molecule has 0 atom stereocenters. The molecule has 6 heteroatoms. The van der Waals surface area contributed by atoms with E-state index in [0.717, 1.165) is 48.3 Å². The summed E-state index contributed by atoms with van der Waals surface area (Å²) in [5.74, 6) is 0.962. The van der Waals surface area contributed by atoms with Crippen LogP contribution in [0.3, 0.4) is 0 Å². The van der Waals surface area contributed by atoms with E-state index in [-0.39, 0.29) is 5.82 Å². The Bertz CT molecular complexity index is 782. The molecule has 1 aromatic carbocycles. The second-order valence-electron chi connectivity index (χ2n) is 5.54. The van der Waals surface area contributed by atoms with Crippen LogP contribution in [0.5, 0.6) is 0 Å². The Kier molecular flexibility index (Phi) is 3.21. The summed E-state index contributed by atoms with van der Waals surface area (Å²) < 4.78 is 18.5. The third kappa shape index (κ3) is 2.30. The number of aromatic nitrogens is 3. The van der Waals surface area contributed by atoms with Crippen LogP contribution in [0.25, 0.3) is 10.9 Å². The van der Waals surface area contributed by atoms with Crippen LogP contribution in [0.2, 0.25) is 0 Å². The molecule has 1 aliphatic rings. The maximum atomic E-state index is 13.5. The summed E-state index contributed by atoms with van der Waals surface area (Å²) in [6.07, 6.45) is 5.11. The predicted octanol–water partition coefficient (Wildman–Crippen LogP) is 3.14. The van der Waals surface area contributed by atoms with Gasteiger partial charge in [0.15, 0.2) is 0 Å². The van der Waals surface area contributed by atoms with Gasteiger partial charge in [-0.2, -0.15) is 0 Å². The number of fused-ring (bicyclic) bond motifs is 1. The van der Waals surface area contributed by atoms with Gasteiger partial charge in [-0.15, -0.1) is 0 Å². The van der Waals surface area contributed by atoms with E-state index < -0.39 is 0 Å². The van der Waals surface area contributed by atoms with Gasteiger partial charge in [0.05, 0.1) is 11.2 Å². The monoisotopic (exact) mass is 298 g/mol. The first-order chi connectivity index (χ1) is 10.8. The fraction of sp³-hybridized carbons (Fsp3) is 0.312. The first kappa shape index (κ1) is 13.2. The lowest BCUT2D eigenvalue weighted by molar-refractivity contribution is 0.392. The molecule has 4 rings (SSSR count). The number of rotatable bonds is 2. The molecule has 0 N–H and O–H groups in total. The van der Waals surface area contributed by atoms with Gasteiger partial charge >= 0.3 is 0 Å². The number of halogens is 1. The van der Waals surface area contributed by atoms with Crippen molar-refractivity contribution in [3.05, 3.63) is 48.4 Å². The van der Waals surface area contributed by atoms with Crippen molar-refractivity contribution in [3.63, 3.8) is 0 Å². The van der Waals surface area contributed by atoms with Gasteiger partial charge in [-0.25, -0.2) is 14.4 Å². The van der Waals surface area contributed by atoms with Crippen molar-refractivity contribution in [1.29, 1.82) is 0 Å². The largest absolute Gasteiger partial charge is 0.365 e. The van der Waals surface area contributed by atoms with Gasteiger partial charge in [0, 0.05) is 30.5 Å². The lowest BCUT2D eigenvalue weighted by Crippen LogP contribution is -2.33. The lowest BCUT2D eigenvalue weighted by atomic mass is 9.93. The van der Waals surface area contributed by atoms with E-state index in [2.05, 4.69) is 20.0 Å². The minimum atomic E-state index is -0.263. The van der Waals surface area contributed by atoms with E-state index >= 15 is 0 Å². The Morgan fingerprint density at radius 1 is 1.14 bits per heavy atom. The molecule has 3 heterocycles. The summed E-state index contributed by atoms with van der Waals surface area (Å²) in [5, 5.41) is 4.80. The molecule has 5 nitrogen and oxygen atoms in total. The third-order valence-electron chi connectivity index (χ3n) is 4.25. The quantitative estimate of drug-likeness (QED) is 0.727. The molecule has 1 saturated heterocycles. The fourth-order valence-electron chi connectivity index (χ4n) is 3.09. The molecular weight excluding hydrogens is 283 g/mol. The minimum Gasteiger partial charge on any atom is -0.365 e. The third-order valence-corrected chi connectivity index (χ3v) is 4.25. The van der Waals surface area contributed by atoms with Gasteiger partial charge in [-0.3, -0.25) is 0 Å². The molecule has 0 radical (unpaired) electrons. The second-order valence-corrected chi connectivity index (χ2v) is 5.54. The van der Waals surface area contributed by atoms with E-state index in [4.69, 9.17) is 4.52 Å². The van der Waals surface area contributed by atoms with Crippen molar-refractivity contribution in [1.82, 2.24) is 15.1 Å². The van der Waals surface area contributed by atoms with E-state index in [1.54, 1.807) is 18.7 Å². The molecule has 2 aromatic heterocycles. The highest BCUT2D eigenvalue weighted by Gasteiger charge is 2.24. The van der Waals surface area contributed by atoms with Crippen molar-refractivity contribution >= 4 is 16.7 Å². The average molecular weight is 298 g/mol. The molecule has 0 amide bonds. The lowest BCUT2D eigenvalue weighted by Gasteiger charge is -2.32. The van der Waals surface area contributed by atoms with Gasteiger partial charge in [-0.1, -0.05) is 5.16 Å². The fourth-order valence-corrected chi connectivity index (χ4v) is 3.09. The Morgan fingerprint density at radius 2 is 2.00 bits per heavy atom. The zero-order valence-corrected chi connectivity index (χ0v) is 11.9. The van der Waals surface area contributed by atoms with Gasteiger partial charge in [0.25, 0.3) is 0 Å². The predicted molar refractivity (Wildman–Crippen MR) is 80.2 cm³/mol. The van der Waals surface area contributed by atoms with E-state index in [0.29, 0.717) is 5.92 Å². The number of nitrogens with zero attached hydrogens (tertiary/aromatic N) is 4. The normalized spacial score (nSPS) is 16.3. The minimum absolute atomic E-state index is 0.263. The number of hydrogen-bond acceptors (Lipinski definition) is 5. The first-order valence-corrected chi connectivity index (χ1v) is 7.37. The van der Waals surface area contributed by atoms with Crippen molar-refractivity contribution in [2.24, 2.45) is 0 Å². The zero-order chi connectivity index (χ0) is 14.9. The zero-order valence-electron chi connectivity index (χ0n) is 11.9. The molecular formula is C16H15FN4O. The van der Waals surface area contributed by atoms with Crippen LogP contribution in [0, 0.1) is 5.82 Å². The summed E-state index contributed by atoms with van der Waals surface area (Å²) in [4.78, 5) is 10.8. The Hall–Kier alpha value is -2.50. The molecule has 1 aliphatic heterocycles. The van der Waals surface area contributed by atoms with Crippen LogP contribution in [-0.4, -0.2) is 28.2 Å². The molecule has 0 bridgehead atoms. The number of anilines is 1. The van der Waals surface area contributed by atoms with Crippen LogP contribution in [0.15, 0.2) is 41.4 Å². The highest BCUT2D eigenvalue weighted by atomic mass is 19.1. The van der Waals surface area contributed by atoms with Crippen LogP contribution >= 0.6 is 0 Å². The molecule has 22 heavy (non-hydrogen) atoms. The number of piperidine rings is 1. The summed E-state index contributed by atoms with van der Waals surface area (Å²) >= 11 is 0.